The van der Waals surface area contributed by atoms with Crippen LogP contribution in [0.3, 0.4) is 0 Å². The lowest BCUT2D eigenvalue weighted by molar-refractivity contribution is 0.361. The van der Waals surface area contributed by atoms with Gasteiger partial charge in [-0.2, -0.15) is 4.98 Å². The first kappa shape index (κ1) is 14.1. The summed E-state index contributed by atoms with van der Waals surface area (Å²) in [5, 5.41) is 6.88. The monoisotopic (exact) mass is 312 g/mol. The average molecular weight is 312 g/mol. The van der Waals surface area contributed by atoms with Crippen molar-refractivity contribution in [1.82, 2.24) is 20.4 Å². The van der Waals surface area contributed by atoms with Gasteiger partial charge in [-0.25, -0.2) is 17.8 Å². The summed E-state index contributed by atoms with van der Waals surface area (Å²) in [4.78, 5) is 8.01. The van der Waals surface area contributed by atoms with Gasteiger partial charge in [-0.3, -0.25) is 0 Å². The van der Waals surface area contributed by atoms with E-state index in [2.05, 4.69) is 20.4 Å². The fraction of sp³-hybridized carbons (Fsp3) is 0.417. The lowest BCUT2D eigenvalue weighted by Gasteiger charge is -2.21. The summed E-state index contributed by atoms with van der Waals surface area (Å²) in [5.41, 5.74) is 0.399. The highest BCUT2D eigenvalue weighted by Crippen LogP contribution is 2.14. The molecule has 2 aromatic heterocycles. The van der Waals surface area contributed by atoms with Crippen molar-refractivity contribution in [2.45, 2.75) is 12.5 Å². The fourth-order valence-corrected chi connectivity index (χ4v) is 3.60. The van der Waals surface area contributed by atoms with Crippen LogP contribution < -0.4 is 5.32 Å². The van der Waals surface area contributed by atoms with Crippen LogP contribution in [0.1, 0.15) is 5.89 Å². The third kappa shape index (κ3) is 3.42. The molecule has 1 N–H and O–H groups in total. The molecule has 112 valence electrons. The van der Waals surface area contributed by atoms with Gasteiger partial charge in [0.15, 0.2) is 9.84 Å². The van der Waals surface area contributed by atoms with Gasteiger partial charge in [0.25, 0.3) is 0 Å². The SMILES string of the molecule is O=S1(=O)CCNC(Cc2nc(-c3ccc(F)cn3)no2)C1. The lowest BCUT2D eigenvalue weighted by Crippen LogP contribution is -2.46. The second-order valence-corrected chi connectivity index (χ2v) is 7.07. The molecule has 0 radical (unpaired) electrons. The maximum absolute atomic E-state index is 12.8. The van der Waals surface area contributed by atoms with E-state index < -0.39 is 15.7 Å². The van der Waals surface area contributed by atoms with Crippen molar-refractivity contribution < 1.29 is 17.3 Å². The number of pyridine rings is 1. The molecule has 7 nitrogen and oxygen atoms in total. The van der Waals surface area contributed by atoms with Gasteiger partial charge in [-0.15, -0.1) is 0 Å². The zero-order valence-electron chi connectivity index (χ0n) is 11.0. The zero-order valence-corrected chi connectivity index (χ0v) is 11.8. The van der Waals surface area contributed by atoms with Crippen LogP contribution >= 0.6 is 0 Å². The Morgan fingerprint density at radius 1 is 1.43 bits per heavy atom. The number of sulfone groups is 1. The van der Waals surface area contributed by atoms with E-state index in [1.54, 1.807) is 0 Å². The predicted octanol–water partition coefficient (Wildman–Crippen LogP) is 0.200. The summed E-state index contributed by atoms with van der Waals surface area (Å²) >= 11 is 0. The zero-order chi connectivity index (χ0) is 14.9. The Bertz CT molecular complexity index is 729. The Balaban J connectivity index is 1.72. The molecule has 21 heavy (non-hydrogen) atoms. The quantitative estimate of drug-likeness (QED) is 0.864. The van der Waals surface area contributed by atoms with Crippen molar-refractivity contribution in [2.75, 3.05) is 18.1 Å². The first-order valence-corrected chi connectivity index (χ1v) is 8.22. The van der Waals surface area contributed by atoms with E-state index in [1.165, 1.54) is 12.1 Å². The van der Waals surface area contributed by atoms with Crippen LogP contribution in [0.4, 0.5) is 4.39 Å². The molecular weight excluding hydrogens is 299 g/mol. The first-order chi connectivity index (χ1) is 10.0. The van der Waals surface area contributed by atoms with Crippen LogP contribution in [0, 0.1) is 5.82 Å². The highest BCUT2D eigenvalue weighted by Gasteiger charge is 2.26. The average Bonchev–Trinajstić information content (AvgIpc) is 2.87. The van der Waals surface area contributed by atoms with Crippen LogP contribution in [0.25, 0.3) is 11.5 Å². The molecule has 1 fully saturated rings. The summed E-state index contributed by atoms with van der Waals surface area (Å²) in [6.45, 7) is 0.424. The first-order valence-electron chi connectivity index (χ1n) is 6.40. The Labute approximate surface area is 120 Å². The number of hydrogen-bond donors (Lipinski definition) is 1. The summed E-state index contributed by atoms with van der Waals surface area (Å²) < 4.78 is 41.0. The van der Waals surface area contributed by atoms with Crippen LogP contribution in [-0.4, -0.2) is 47.6 Å². The predicted molar refractivity (Wildman–Crippen MR) is 71.6 cm³/mol. The molecule has 0 spiro atoms. The molecule has 0 aromatic carbocycles. The minimum atomic E-state index is -3.01. The lowest BCUT2D eigenvalue weighted by atomic mass is 10.2. The van der Waals surface area contributed by atoms with Crippen molar-refractivity contribution in [3.05, 3.63) is 30.0 Å². The number of halogens is 1. The minimum absolute atomic E-state index is 0.0551. The summed E-state index contributed by atoms with van der Waals surface area (Å²) in [6, 6.07) is 2.47. The van der Waals surface area contributed by atoms with Crippen LogP contribution in [0.5, 0.6) is 0 Å². The Morgan fingerprint density at radius 2 is 2.29 bits per heavy atom. The molecule has 1 atom stereocenters. The Hall–Kier alpha value is -1.87. The van der Waals surface area contributed by atoms with Crippen LogP contribution in [0.2, 0.25) is 0 Å². The van der Waals surface area contributed by atoms with E-state index in [9.17, 15) is 12.8 Å². The van der Waals surface area contributed by atoms with Gasteiger partial charge >= 0.3 is 0 Å². The third-order valence-corrected chi connectivity index (χ3v) is 4.88. The second-order valence-electron chi connectivity index (χ2n) is 4.84. The molecule has 0 amide bonds. The molecule has 1 saturated heterocycles. The van der Waals surface area contributed by atoms with E-state index in [0.717, 1.165) is 6.20 Å². The standard InChI is InChI=1S/C12H13FN4O3S/c13-8-1-2-10(15-6-8)12-16-11(20-17-12)5-9-7-21(18,19)4-3-14-9/h1-2,6,9,14H,3-5,7H2. The van der Waals surface area contributed by atoms with Gasteiger partial charge in [0.2, 0.25) is 11.7 Å². The number of nitrogens with zero attached hydrogens (tertiary/aromatic N) is 3. The smallest absolute Gasteiger partial charge is 0.228 e. The summed E-state index contributed by atoms with van der Waals surface area (Å²) in [6.07, 6.45) is 1.40. The summed E-state index contributed by atoms with van der Waals surface area (Å²) in [7, 11) is -3.01. The molecule has 1 aliphatic rings. The molecule has 1 aliphatic heterocycles. The van der Waals surface area contributed by atoms with E-state index in [-0.39, 0.29) is 23.4 Å². The van der Waals surface area contributed by atoms with Crippen molar-refractivity contribution in [3.63, 3.8) is 0 Å². The van der Waals surface area contributed by atoms with Crippen LogP contribution in [-0.2, 0) is 16.3 Å². The Morgan fingerprint density at radius 3 is 3.00 bits per heavy atom. The molecule has 9 heteroatoms. The highest BCUT2D eigenvalue weighted by atomic mass is 32.2. The molecule has 0 bridgehead atoms. The molecular formula is C12H13FN4O3S. The number of nitrogens with one attached hydrogen (secondary N) is 1. The fourth-order valence-electron chi connectivity index (χ4n) is 2.16. The largest absolute Gasteiger partial charge is 0.339 e. The highest BCUT2D eigenvalue weighted by molar-refractivity contribution is 7.91. The molecule has 0 aliphatic carbocycles. The van der Waals surface area contributed by atoms with Crippen molar-refractivity contribution in [2.24, 2.45) is 0 Å². The molecule has 2 aromatic rings. The van der Waals surface area contributed by atoms with E-state index >= 15 is 0 Å². The Kier molecular flexibility index (Phi) is 3.68. The van der Waals surface area contributed by atoms with Gasteiger partial charge in [-0.05, 0) is 12.1 Å². The minimum Gasteiger partial charge on any atom is -0.339 e. The van der Waals surface area contributed by atoms with E-state index in [4.69, 9.17) is 4.52 Å². The van der Waals surface area contributed by atoms with Gasteiger partial charge in [-0.1, -0.05) is 5.16 Å². The summed E-state index contributed by atoms with van der Waals surface area (Å²) in [5.74, 6) is 0.339. The van der Waals surface area contributed by atoms with Gasteiger partial charge in [0.1, 0.15) is 11.5 Å². The normalized spacial score (nSPS) is 21.3. The van der Waals surface area contributed by atoms with Crippen molar-refractivity contribution in [1.29, 1.82) is 0 Å². The second kappa shape index (κ2) is 5.49. The van der Waals surface area contributed by atoms with Crippen LogP contribution in [0.15, 0.2) is 22.9 Å². The molecule has 1 unspecified atom stereocenters. The topological polar surface area (TPSA) is 98.0 Å². The van der Waals surface area contributed by atoms with Gasteiger partial charge in [0.05, 0.1) is 17.7 Å². The molecule has 3 heterocycles. The molecule has 3 rings (SSSR count). The molecule has 0 saturated carbocycles. The van der Waals surface area contributed by atoms with E-state index in [0.29, 0.717) is 24.6 Å². The maximum Gasteiger partial charge on any atom is 0.228 e. The number of aromatic nitrogens is 3. The van der Waals surface area contributed by atoms with E-state index in [1.807, 2.05) is 0 Å². The van der Waals surface area contributed by atoms with Gasteiger partial charge < -0.3 is 9.84 Å². The number of rotatable bonds is 3. The maximum atomic E-state index is 12.8. The van der Waals surface area contributed by atoms with Crippen molar-refractivity contribution in [3.8, 4) is 11.5 Å². The number of hydrogen-bond acceptors (Lipinski definition) is 7. The third-order valence-electron chi connectivity index (χ3n) is 3.15. The van der Waals surface area contributed by atoms with Gasteiger partial charge in [0, 0.05) is 19.0 Å². The van der Waals surface area contributed by atoms with Crippen molar-refractivity contribution >= 4 is 9.84 Å².